The Morgan fingerprint density at radius 1 is 1.29 bits per heavy atom. The van der Waals surface area contributed by atoms with Gasteiger partial charge >= 0.3 is 11.7 Å². The van der Waals surface area contributed by atoms with E-state index in [2.05, 4.69) is 21.0 Å². The lowest BCUT2D eigenvalue weighted by Crippen LogP contribution is -2.42. The largest absolute Gasteiger partial charge is 0.389 e. The molecule has 1 aromatic heterocycles. The van der Waals surface area contributed by atoms with Crippen molar-refractivity contribution >= 4 is 28.6 Å². The molecule has 2 aromatic rings. The predicted molar refractivity (Wildman–Crippen MR) is 92.0 cm³/mol. The number of nitrogens with one attached hydrogen (secondary N) is 3. The number of anilines is 2. The van der Waals surface area contributed by atoms with Crippen LogP contribution < -0.4 is 21.7 Å². The first-order valence-corrected chi connectivity index (χ1v) is 8.05. The first-order valence-electron chi connectivity index (χ1n) is 8.05. The fourth-order valence-electron chi connectivity index (χ4n) is 2.59. The molecular formula is C16H21N5O3. The van der Waals surface area contributed by atoms with Crippen LogP contribution in [0.5, 0.6) is 0 Å². The van der Waals surface area contributed by atoms with E-state index in [4.69, 9.17) is 4.42 Å². The van der Waals surface area contributed by atoms with Crippen LogP contribution in [0, 0.1) is 0 Å². The van der Waals surface area contributed by atoms with E-state index in [1.807, 2.05) is 18.9 Å². The summed E-state index contributed by atoms with van der Waals surface area (Å²) >= 11 is 0. The zero-order chi connectivity index (χ0) is 17.1. The van der Waals surface area contributed by atoms with Gasteiger partial charge in [-0.15, -0.1) is 0 Å². The van der Waals surface area contributed by atoms with Crippen molar-refractivity contribution in [2.45, 2.75) is 32.7 Å². The Hall–Kier alpha value is -2.61. The molecule has 0 saturated carbocycles. The number of hydrazine groups is 1. The van der Waals surface area contributed by atoms with Gasteiger partial charge in [0.25, 0.3) is 6.01 Å². The quantitative estimate of drug-likeness (QED) is 0.794. The van der Waals surface area contributed by atoms with E-state index in [0.717, 1.165) is 25.9 Å². The molecule has 1 saturated heterocycles. The van der Waals surface area contributed by atoms with Crippen molar-refractivity contribution in [1.82, 2.24) is 15.4 Å². The minimum atomic E-state index is -0.462. The SMILES string of the molecule is CC(C)Nc1nc2cc(NC(=O)NN3CCCC3)ccc2c(=O)o1. The van der Waals surface area contributed by atoms with Crippen molar-refractivity contribution < 1.29 is 9.21 Å². The van der Waals surface area contributed by atoms with Crippen LogP contribution in [0.1, 0.15) is 26.7 Å². The number of urea groups is 1. The summed E-state index contributed by atoms with van der Waals surface area (Å²) in [6.45, 7) is 5.56. The lowest BCUT2D eigenvalue weighted by atomic mass is 10.2. The third-order valence-corrected chi connectivity index (χ3v) is 3.66. The number of benzene rings is 1. The number of amides is 2. The Bertz CT molecular complexity index is 796. The second-order valence-electron chi connectivity index (χ2n) is 6.10. The Balaban J connectivity index is 1.78. The molecule has 0 atom stereocenters. The van der Waals surface area contributed by atoms with Gasteiger partial charge < -0.3 is 15.1 Å². The number of carbonyl (C=O) groups excluding carboxylic acids is 1. The molecule has 3 N–H and O–H groups in total. The summed E-state index contributed by atoms with van der Waals surface area (Å²) in [7, 11) is 0. The Morgan fingerprint density at radius 3 is 2.75 bits per heavy atom. The summed E-state index contributed by atoms with van der Waals surface area (Å²) in [5.74, 6) is 0. The fraction of sp³-hybridized carbons (Fsp3) is 0.438. The molecular weight excluding hydrogens is 310 g/mol. The molecule has 1 aliphatic rings. The molecule has 3 rings (SSSR count). The average molecular weight is 331 g/mol. The number of rotatable bonds is 4. The van der Waals surface area contributed by atoms with E-state index in [1.165, 1.54) is 0 Å². The number of carbonyl (C=O) groups is 1. The van der Waals surface area contributed by atoms with Crippen LogP contribution in [-0.2, 0) is 0 Å². The number of aromatic nitrogens is 1. The van der Waals surface area contributed by atoms with E-state index in [0.29, 0.717) is 16.6 Å². The third-order valence-electron chi connectivity index (χ3n) is 3.66. The van der Waals surface area contributed by atoms with E-state index >= 15 is 0 Å². The van der Waals surface area contributed by atoms with E-state index < -0.39 is 5.63 Å². The molecule has 24 heavy (non-hydrogen) atoms. The summed E-state index contributed by atoms with van der Waals surface area (Å²) in [4.78, 5) is 28.3. The van der Waals surface area contributed by atoms with E-state index in [-0.39, 0.29) is 18.1 Å². The first kappa shape index (κ1) is 16.3. The van der Waals surface area contributed by atoms with Crippen molar-refractivity contribution in [2.75, 3.05) is 23.7 Å². The van der Waals surface area contributed by atoms with Crippen LogP contribution >= 0.6 is 0 Å². The highest BCUT2D eigenvalue weighted by atomic mass is 16.4. The molecule has 0 unspecified atom stereocenters. The van der Waals surface area contributed by atoms with Gasteiger partial charge in [-0.1, -0.05) is 0 Å². The Kier molecular flexibility index (Phi) is 4.66. The second-order valence-corrected chi connectivity index (χ2v) is 6.10. The lowest BCUT2D eigenvalue weighted by molar-refractivity contribution is 0.209. The summed E-state index contributed by atoms with van der Waals surface area (Å²) < 4.78 is 5.13. The number of fused-ring (bicyclic) bond motifs is 1. The number of nitrogens with zero attached hydrogens (tertiary/aromatic N) is 2. The Labute approximate surface area is 139 Å². The average Bonchev–Trinajstić information content (AvgIpc) is 2.98. The summed E-state index contributed by atoms with van der Waals surface area (Å²) in [5, 5.41) is 7.97. The van der Waals surface area contributed by atoms with Crippen LogP contribution in [-0.4, -0.2) is 35.2 Å². The van der Waals surface area contributed by atoms with Gasteiger partial charge in [0.2, 0.25) is 0 Å². The maximum Gasteiger partial charge on any atom is 0.348 e. The lowest BCUT2D eigenvalue weighted by Gasteiger charge is -2.16. The van der Waals surface area contributed by atoms with Gasteiger partial charge in [-0.05, 0) is 44.9 Å². The first-order chi connectivity index (χ1) is 11.5. The standard InChI is InChI=1S/C16H21N5O3/c1-10(2)17-16-19-13-9-11(5-6-12(13)14(22)24-16)18-15(23)20-21-7-3-4-8-21/h5-6,9-10H,3-4,7-8H2,1-2H3,(H,17,19)(H2,18,20,23). The summed E-state index contributed by atoms with van der Waals surface area (Å²) in [5.41, 5.74) is 3.36. The van der Waals surface area contributed by atoms with Crippen LogP contribution in [0.3, 0.4) is 0 Å². The zero-order valence-electron chi connectivity index (χ0n) is 13.8. The predicted octanol–water partition coefficient (Wildman–Crippen LogP) is 2.14. The molecule has 0 radical (unpaired) electrons. The molecule has 0 spiro atoms. The molecule has 8 nitrogen and oxygen atoms in total. The van der Waals surface area contributed by atoms with Gasteiger partial charge in [-0.3, -0.25) is 5.43 Å². The van der Waals surface area contributed by atoms with Gasteiger partial charge in [-0.25, -0.2) is 14.6 Å². The normalized spacial score (nSPS) is 15.0. The molecule has 128 valence electrons. The van der Waals surface area contributed by atoms with Crippen LogP contribution in [0.15, 0.2) is 27.4 Å². The maximum atomic E-state index is 12.0. The minimum absolute atomic E-state index is 0.0886. The van der Waals surface area contributed by atoms with Crippen molar-refractivity contribution in [1.29, 1.82) is 0 Å². The fourth-order valence-corrected chi connectivity index (χ4v) is 2.59. The van der Waals surface area contributed by atoms with Gasteiger partial charge in [0.15, 0.2) is 0 Å². The number of hydrogen-bond donors (Lipinski definition) is 3. The highest BCUT2D eigenvalue weighted by molar-refractivity contribution is 5.92. The molecule has 1 aliphatic heterocycles. The highest BCUT2D eigenvalue weighted by Crippen LogP contribution is 2.17. The molecule has 2 amide bonds. The van der Waals surface area contributed by atoms with Gasteiger partial charge in [-0.2, -0.15) is 4.98 Å². The minimum Gasteiger partial charge on any atom is -0.389 e. The second kappa shape index (κ2) is 6.88. The summed E-state index contributed by atoms with van der Waals surface area (Å²) in [6, 6.07) is 4.85. The van der Waals surface area contributed by atoms with E-state index in [9.17, 15) is 9.59 Å². The highest BCUT2D eigenvalue weighted by Gasteiger charge is 2.14. The van der Waals surface area contributed by atoms with Gasteiger partial charge in [0, 0.05) is 24.8 Å². The monoisotopic (exact) mass is 331 g/mol. The van der Waals surface area contributed by atoms with E-state index in [1.54, 1.807) is 18.2 Å². The molecule has 2 heterocycles. The zero-order valence-corrected chi connectivity index (χ0v) is 13.8. The summed E-state index contributed by atoms with van der Waals surface area (Å²) in [6.07, 6.45) is 2.17. The molecule has 1 aromatic carbocycles. The number of hydrogen-bond acceptors (Lipinski definition) is 6. The van der Waals surface area contributed by atoms with Crippen LogP contribution in [0.4, 0.5) is 16.5 Å². The van der Waals surface area contributed by atoms with Crippen molar-refractivity contribution in [3.8, 4) is 0 Å². The van der Waals surface area contributed by atoms with Crippen LogP contribution in [0.25, 0.3) is 10.9 Å². The maximum absolute atomic E-state index is 12.0. The Morgan fingerprint density at radius 2 is 2.04 bits per heavy atom. The van der Waals surface area contributed by atoms with Gasteiger partial charge in [0.05, 0.1) is 10.9 Å². The molecule has 8 heteroatoms. The van der Waals surface area contributed by atoms with Crippen LogP contribution in [0.2, 0.25) is 0 Å². The smallest absolute Gasteiger partial charge is 0.348 e. The molecule has 0 aliphatic carbocycles. The molecule has 0 bridgehead atoms. The van der Waals surface area contributed by atoms with Crippen molar-refractivity contribution in [3.63, 3.8) is 0 Å². The van der Waals surface area contributed by atoms with Crippen molar-refractivity contribution in [3.05, 3.63) is 28.6 Å². The van der Waals surface area contributed by atoms with Crippen molar-refractivity contribution in [2.24, 2.45) is 0 Å². The third kappa shape index (κ3) is 3.83. The van der Waals surface area contributed by atoms with Gasteiger partial charge in [0.1, 0.15) is 0 Å². The molecule has 1 fully saturated rings. The topological polar surface area (TPSA) is 99.5 Å².